The molecule has 1 N–H and O–H groups in total. The summed E-state index contributed by atoms with van der Waals surface area (Å²) in [5, 5.41) is 2.77. The summed E-state index contributed by atoms with van der Waals surface area (Å²) in [5.41, 5.74) is 0.375. The highest BCUT2D eigenvalue weighted by Gasteiger charge is 2.39. The Morgan fingerprint density at radius 3 is 2.38 bits per heavy atom. The SMILES string of the molecule is COc1ccc(C(=O)N[C@H](N2CCOCC2)C(Cl)(Cl)Cl)cc1OC. The maximum absolute atomic E-state index is 12.6. The lowest BCUT2D eigenvalue weighted by atomic mass is 10.2. The van der Waals surface area contributed by atoms with Crippen LogP contribution in [0.3, 0.4) is 0 Å². The van der Waals surface area contributed by atoms with Gasteiger partial charge in [0, 0.05) is 18.7 Å². The van der Waals surface area contributed by atoms with Crippen LogP contribution in [0.1, 0.15) is 10.4 Å². The first-order valence-corrected chi connectivity index (χ1v) is 8.41. The van der Waals surface area contributed by atoms with Crippen molar-refractivity contribution >= 4 is 40.7 Å². The van der Waals surface area contributed by atoms with E-state index in [9.17, 15) is 4.79 Å². The second-order valence-electron chi connectivity index (χ2n) is 5.14. The molecule has 1 aromatic rings. The fraction of sp³-hybridized carbons (Fsp3) is 0.533. The van der Waals surface area contributed by atoms with Crippen LogP contribution in [0.5, 0.6) is 11.5 Å². The number of amides is 1. The molecule has 0 radical (unpaired) electrons. The molecule has 2 rings (SSSR count). The average molecular weight is 398 g/mol. The lowest BCUT2D eigenvalue weighted by Gasteiger charge is -2.38. The van der Waals surface area contributed by atoms with E-state index in [-0.39, 0.29) is 5.91 Å². The third kappa shape index (κ3) is 4.80. The zero-order valence-corrected chi connectivity index (χ0v) is 15.6. The number of alkyl halides is 3. The van der Waals surface area contributed by atoms with Gasteiger partial charge in [0.25, 0.3) is 5.91 Å². The molecule has 0 aliphatic carbocycles. The minimum Gasteiger partial charge on any atom is -0.493 e. The molecule has 0 unspecified atom stereocenters. The maximum Gasteiger partial charge on any atom is 0.252 e. The van der Waals surface area contributed by atoms with Gasteiger partial charge in [-0.2, -0.15) is 0 Å². The van der Waals surface area contributed by atoms with Crippen LogP contribution in [-0.4, -0.2) is 61.3 Å². The standard InChI is InChI=1S/C15H19Cl3N2O4/c1-22-11-4-3-10(9-12(11)23-2)13(21)19-14(15(16,17)18)20-5-7-24-8-6-20/h3-4,9,14H,5-8H2,1-2H3,(H,19,21)/t14-/m1/s1. The third-order valence-corrected chi connectivity index (χ3v) is 4.25. The van der Waals surface area contributed by atoms with Crippen molar-refractivity contribution in [1.82, 2.24) is 10.2 Å². The number of ether oxygens (including phenoxy) is 3. The molecule has 6 nitrogen and oxygen atoms in total. The van der Waals surface area contributed by atoms with Crippen LogP contribution in [0.4, 0.5) is 0 Å². The van der Waals surface area contributed by atoms with Crippen LogP contribution in [0.15, 0.2) is 18.2 Å². The monoisotopic (exact) mass is 396 g/mol. The van der Waals surface area contributed by atoms with Gasteiger partial charge in [-0.15, -0.1) is 0 Å². The van der Waals surface area contributed by atoms with Crippen LogP contribution in [0, 0.1) is 0 Å². The Balaban J connectivity index is 2.18. The van der Waals surface area contributed by atoms with E-state index in [4.69, 9.17) is 49.0 Å². The van der Waals surface area contributed by atoms with Gasteiger partial charge in [0.2, 0.25) is 3.79 Å². The Kier molecular flexibility index (Phi) is 6.83. The number of halogens is 3. The molecule has 0 spiro atoms. The molecular weight excluding hydrogens is 379 g/mol. The Labute approximate surface area is 155 Å². The summed E-state index contributed by atoms with van der Waals surface area (Å²) in [6.45, 7) is 2.16. The van der Waals surface area contributed by atoms with E-state index in [0.717, 1.165) is 0 Å². The summed E-state index contributed by atoms with van der Waals surface area (Å²) in [6, 6.07) is 4.83. The van der Waals surface area contributed by atoms with E-state index < -0.39 is 9.96 Å². The fourth-order valence-electron chi connectivity index (χ4n) is 2.40. The molecule has 1 aliphatic heterocycles. The number of methoxy groups -OCH3 is 2. The minimum absolute atomic E-state index is 0.375. The average Bonchev–Trinajstić information content (AvgIpc) is 2.58. The topological polar surface area (TPSA) is 60.0 Å². The molecule has 1 atom stereocenters. The summed E-state index contributed by atoms with van der Waals surface area (Å²) in [5.74, 6) is 0.598. The van der Waals surface area contributed by atoms with E-state index in [1.165, 1.54) is 14.2 Å². The van der Waals surface area contributed by atoms with Gasteiger partial charge in [-0.25, -0.2) is 0 Å². The highest BCUT2D eigenvalue weighted by atomic mass is 35.6. The van der Waals surface area contributed by atoms with Crippen molar-refractivity contribution < 1.29 is 19.0 Å². The van der Waals surface area contributed by atoms with Gasteiger partial charge in [0.15, 0.2) is 11.5 Å². The van der Waals surface area contributed by atoms with Crippen LogP contribution in [0.2, 0.25) is 0 Å². The minimum atomic E-state index is -1.68. The largest absolute Gasteiger partial charge is 0.493 e. The Morgan fingerprint density at radius 2 is 1.83 bits per heavy atom. The Morgan fingerprint density at radius 1 is 1.21 bits per heavy atom. The number of carbonyl (C=O) groups excluding carboxylic acids is 1. The van der Waals surface area contributed by atoms with Gasteiger partial charge in [0.05, 0.1) is 27.4 Å². The number of hydrogen-bond donors (Lipinski definition) is 1. The number of morpholine rings is 1. The zero-order chi connectivity index (χ0) is 17.7. The van der Waals surface area contributed by atoms with Crippen LogP contribution >= 0.6 is 34.8 Å². The van der Waals surface area contributed by atoms with Crippen molar-refractivity contribution in [2.24, 2.45) is 0 Å². The summed E-state index contributed by atoms with van der Waals surface area (Å²) < 4.78 is 14.0. The second-order valence-corrected chi connectivity index (χ2v) is 7.50. The predicted octanol–water partition coefficient (Wildman–Crippen LogP) is 2.46. The molecule has 24 heavy (non-hydrogen) atoms. The summed E-state index contributed by atoms with van der Waals surface area (Å²) in [6.07, 6.45) is -0.771. The van der Waals surface area contributed by atoms with Crippen molar-refractivity contribution in [2.75, 3.05) is 40.5 Å². The highest BCUT2D eigenvalue weighted by molar-refractivity contribution is 6.68. The Bertz CT molecular complexity index is 574. The van der Waals surface area contributed by atoms with Crippen LogP contribution in [0.25, 0.3) is 0 Å². The molecule has 0 saturated carbocycles. The van der Waals surface area contributed by atoms with E-state index in [1.54, 1.807) is 18.2 Å². The molecule has 1 amide bonds. The number of nitrogens with zero attached hydrogens (tertiary/aromatic N) is 1. The molecule has 134 valence electrons. The van der Waals surface area contributed by atoms with E-state index >= 15 is 0 Å². The first-order chi connectivity index (χ1) is 11.4. The van der Waals surface area contributed by atoms with Crippen LogP contribution in [-0.2, 0) is 4.74 Å². The van der Waals surface area contributed by atoms with Crippen molar-refractivity contribution in [3.63, 3.8) is 0 Å². The second kappa shape index (κ2) is 8.45. The molecule has 9 heteroatoms. The lowest BCUT2D eigenvalue weighted by Crippen LogP contribution is -2.58. The number of benzene rings is 1. The molecule has 1 fully saturated rings. The first kappa shape index (κ1) is 19.4. The van der Waals surface area contributed by atoms with Gasteiger partial charge in [0.1, 0.15) is 6.17 Å². The van der Waals surface area contributed by atoms with Crippen molar-refractivity contribution in [2.45, 2.75) is 9.96 Å². The predicted molar refractivity (Wildman–Crippen MR) is 93.5 cm³/mol. The molecule has 1 aliphatic rings. The van der Waals surface area contributed by atoms with E-state index in [0.29, 0.717) is 43.4 Å². The lowest BCUT2D eigenvalue weighted by molar-refractivity contribution is 0.00996. The molecular formula is C15H19Cl3N2O4. The van der Waals surface area contributed by atoms with Gasteiger partial charge in [-0.1, -0.05) is 34.8 Å². The first-order valence-electron chi connectivity index (χ1n) is 7.28. The van der Waals surface area contributed by atoms with Crippen LogP contribution < -0.4 is 14.8 Å². The van der Waals surface area contributed by atoms with Gasteiger partial charge in [-0.3, -0.25) is 9.69 Å². The van der Waals surface area contributed by atoms with Gasteiger partial charge in [-0.05, 0) is 18.2 Å². The highest BCUT2D eigenvalue weighted by Crippen LogP contribution is 2.33. The zero-order valence-electron chi connectivity index (χ0n) is 13.4. The molecule has 0 bridgehead atoms. The van der Waals surface area contributed by atoms with E-state index in [1.807, 2.05) is 4.90 Å². The normalized spacial score (nSPS) is 17.2. The number of hydrogen-bond acceptors (Lipinski definition) is 5. The van der Waals surface area contributed by atoms with Gasteiger partial charge < -0.3 is 19.5 Å². The Hall–Kier alpha value is -0.920. The molecule has 1 aromatic carbocycles. The quantitative estimate of drug-likeness (QED) is 0.774. The smallest absolute Gasteiger partial charge is 0.252 e. The molecule has 0 aromatic heterocycles. The molecule has 1 saturated heterocycles. The fourth-order valence-corrected chi connectivity index (χ4v) is 2.98. The summed E-state index contributed by atoms with van der Waals surface area (Å²) in [4.78, 5) is 14.4. The van der Waals surface area contributed by atoms with Gasteiger partial charge >= 0.3 is 0 Å². The number of rotatable bonds is 5. The van der Waals surface area contributed by atoms with Crippen molar-refractivity contribution in [1.29, 1.82) is 0 Å². The summed E-state index contributed by atoms with van der Waals surface area (Å²) in [7, 11) is 3.02. The molecule has 1 heterocycles. The number of carbonyl (C=O) groups is 1. The summed E-state index contributed by atoms with van der Waals surface area (Å²) >= 11 is 18.2. The van der Waals surface area contributed by atoms with Crippen molar-refractivity contribution in [3.05, 3.63) is 23.8 Å². The van der Waals surface area contributed by atoms with E-state index in [2.05, 4.69) is 5.32 Å². The maximum atomic E-state index is 12.6. The van der Waals surface area contributed by atoms with Crippen molar-refractivity contribution in [3.8, 4) is 11.5 Å². The number of nitrogens with one attached hydrogen (secondary N) is 1. The third-order valence-electron chi connectivity index (χ3n) is 3.63.